The van der Waals surface area contributed by atoms with Gasteiger partial charge < -0.3 is 0 Å². The number of carbonyl (C=O) groups is 1. The maximum Gasteiger partial charge on any atom is 0.166 e. The molecule has 1 nitrogen and oxygen atoms in total. The second-order valence-electron chi connectivity index (χ2n) is 5.30. The Balaban J connectivity index is 2.40. The third-order valence-corrected chi connectivity index (χ3v) is 4.14. The van der Waals surface area contributed by atoms with Gasteiger partial charge in [-0.15, -0.1) is 0 Å². The fraction of sp³-hybridized carbons (Fsp3) is 0.471. The molecule has 0 radical (unpaired) electrons. The number of benzene rings is 1. The highest BCUT2D eigenvalue weighted by Crippen LogP contribution is 2.34. The van der Waals surface area contributed by atoms with Crippen LogP contribution >= 0.6 is 0 Å². The molecule has 1 aromatic rings. The van der Waals surface area contributed by atoms with Crippen LogP contribution in [0, 0.1) is 5.92 Å². The molecule has 96 valence electrons. The van der Waals surface area contributed by atoms with E-state index >= 15 is 0 Å². The molecule has 0 N–H and O–H groups in total. The Morgan fingerprint density at radius 3 is 2.33 bits per heavy atom. The molecule has 1 aromatic carbocycles. The lowest BCUT2D eigenvalue weighted by Gasteiger charge is -2.22. The maximum absolute atomic E-state index is 12.4. The molecule has 0 amide bonds. The van der Waals surface area contributed by atoms with E-state index < -0.39 is 0 Å². The van der Waals surface area contributed by atoms with Crippen molar-refractivity contribution in [2.45, 2.75) is 46.5 Å². The molecule has 2 rings (SSSR count). The van der Waals surface area contributed by atoms with Crippen molar-refractivity contribution in [3.05, 3.63) is 41.0 Å². The largest absolute Gasteiger partial charge is 0.294 e. The van der Waals surface area contributed by atoms with Crippen molar-refractivity contribution in [1.82, 2.24) is 0 Å². The molecule has 0 aliphatic heterocycles. The van der Waals surface area contributed by atoms with Crippen LogP contribution in [0.2, 0.25) is 0 Å². The van der Waals surface area contributed by atoms with Crippen molar-refractivity contribution in [2.24, 2.45) is 5.92 Å². The van der Waals surface area contributed by atoms with Crippen molar-refractivity contribution in [3.63, 3.8) is 0 Å². The van der Waals surface area contributed by atoms with E-state index in [0.717, 1.165) is 17.5 Å². The summed E-state index contributed by atoms with van der Waals surface area (Å²) in [6.45, 7) is 6.25. The standard InChI is InChI=1S/C17H22O/c1-4-12(2)17(18)16-11-6-5-10-15(16)13(3)14-8-7-9-14/h5-6,10-12H,4,7-9H2,1-3H3. The number of hydrogen-bond donors (Lipinski definition) is 0. The van der Waals surface area contributed by atoms with Gasteiger partial charge in [0, 0.05) is 11.5 Å². The fourth-order valence-corrected chi connectivity index (χ4v) is 2.39. The monoisotopic (exact) mass is 242 g/mol. The van der Waals surface area contributed by atoms with E-state index in [9.17, 15) is 4.79 Å². The van der Waals surface area contributed by atoms with Gasteiger partial charge in [-0.1, -0.05) is 43.7 Å². The van der Waals surface area contributed by atoms with Crippen LogP contribution < -0.4 is 0 Å². The number of Topliss-reactive ketones (excluding diaryl/α,β-unsaturated/α-hetero) is 1. The molecule has 1 atom stereocenters. The van der Waals surface area contributed by atoms with E-state index in [4.69, 9.17) is 0 Å². The molecular formula is C17H22O. The van der Waals surface area contributed by atoms with E-state index in [-0.39, 0.29) is 11.7 Å². The number of rotatable bonds is 4. The molecule has 0 spiro atoms. The first kappa shape index (κ1) is 13.1. The first-order valence-corrected chi connectivity index (χ1v) is 6.97. The van der Waals surface area contributed by atoms with Crippen molar-refractivity contribution in [2.75, 3.05) is 0 Å². The molecule has 1 unspecified atom stereocenters. The molecule has 0 aromatic heterocycles. The molecular weight excluding hydrogens is 220 g/mol. The summed E-state index contributed by atoms with van der Waals surface area (Å²) in [5.41, 5.74) is 4.91. The smallest absolute Gasteiger partial charge is 0.166 e. The Morgan fingerprint density at radius 2 is 1.83 bits per heavy atom. The summed E-state index contributed by atoms with van der Waals surface area (Å²) in [7, 11) is 0. The van der Waals surface area contributed by atoms with Gasteiger partial charge in [0.05, 0.1) is 0 Å². The Labute approximate surface area is 110 Å². The van der Waals surface area contributed by atoms with Crippen LogP contribution in [-0.2, 0) is 0 Å². The Hall–Kier alpha value is -1.37. The average molecular weight is 242 g/mol. The lowest BCUT2D eigenvalue weighted by Crippen LogP contribution is -2.13. The summed E-state index contributed by atoms with van der Waals surface area (Å²) < 4.78 is 0. The van der Waals surface area contributed by atoms with Gasteiger partial charge in [0.25, 0.3) is 0 Å². The van der Waals surface area contributed by atoms with E-state index in [2.05, 4.69) is 19.9 Å². The predicted octanol–water partition coefficient (Wildman–Crippen LogP) is 4.87. The minimum Gasteiger partial charge on any atom is -0.294 e. The molecule has 0 heterocycles. The topological polar surface area (TPSA) is 17.1 Å². The predicted molar refractivity (Wildman–Crippen MR) is 76.7 cm³/mol. The van der Waals surface area contributed by atoms with Gasteiger partial charge in [-0.05, 0) is 43.7 Å². The Bertz CT molecular complexity index is 476. The maximum atomic E-state index is 12.4. The van der Waals surface area contributed by atoms with Gasteiger partial charge in [0.2, 0.25) is 0 Å². The third-order valence-electron chi connectivity index (χ3n) is 4.14. The van der Waals surface area contributed by atoms with Crippen LogP contribution in [0.5, 0.6) is 0 Å². The van der Waals surface area contributed by atoms with Crippen molar-refractivity contribution in [3.8, 4) is 0 Å². The van der Waals surface area contributed by atoms with E-state index in [1.54, 1.807) is 0 Å². The third kappa shape index (κ3) is 2.40. The number of carbonyl (C=O) groups excluding carboxylic acids is 1. The quantitative estimate of drug-likeness (QED) is 0.688. The second-order valence-corrected chi connectivity index (χ2v) is 5.30. The Kier molecular flexibility index (Phi) is 4.00. The molecule has 18 heavy (non-hydrogen) atoms. The van der Waals surface area contributed by atoms with E-state index in [0.29, 0.717) is 0 Å². The first-order chi connectivity index (χ1) is 8.65. The first-order valence-electron chi connectivity index (χ1n) is 6.97. The fourth-order valence-electron chi connectivity index (χ4n) is 2.39. The van der Waals surface area contributed by atoms with Gasteiger partial charge in [-0.2, -0.15) is 0 Å². The molecule has 0 saturated heterocycles. The van der Waals surface area contributed by atoms with Gasteiger partial charge in [0.1, 0.15) is 0 Å². The lowest BCUT2D eigenvalue weighted by molar-refractivity contribution is 0.0927. The van der Waals surface area contributed by atoms with Crippen molar-refractivity contribution in [1.29, 1.82) is 0 Å². The summed E-state index contributed by atoms with van der Waals surface area (Å²) >= 11 is 0. The van der Waals surface area contributed by atoms with Crippen LogP contribution in [-0.4, -0.2) is 5.78 Å². The molecule has 1 aliphatic carbocycles. The zero-order chi connectivity index (χ0) is 13.1. The van der Waals surface area contributed by atoms with E-state index in [1.807, 2.05) is 25.1 Å². The van der Waals surface area contributed by atoms with Gasteiger partial charge in [0.15, 0.2) is 5.78 Å². The van der Waals surface area contributed by atoms with Crippen LogP contribution in [0.15, 0.2) is 29.8 Å². The SMILES string of the molecule is CCC(C)C(=O)c1ccccc1C(C)=C1CCC1. The highest BCUT2D eigenvalue weighted by molar-refractivity contribution is 6.02. The summed E-state index contributed by atoms with van der Waals surface area (Å²) in [5, 5.41) is 0. The van der Waals surface area contributed by atoms with Gasteiger partial charge >= 0.3 is 0 Å². The highest BCUT2D eigenvalue weighted by Gasteiger charge is 2.20. The summed E-state index contributed by atoms with van der Waals surface area (Å²) in [6.07, 6.45) is 4.62. The second kappa shape index (κ2) is 5.51. The highest BCUT2D eigenvalue weighted by atomic mass is 16.1. The summed E-state index contributed by atoms with van der Waals surface area (Å²) in [6, 6.07) is 8.08. The van der Waals surface area contributed by atoms with Gasteiger partial charge in [-0.3, -0.25) is 4.79 Å². The van der Waals surface area contributed by atoms with Crippen LogP contribution in [0.4, 0.5) is 0 Å². The summed E-state index contributed by atoms with van der Waals surface area (Å²) in [4.78, 5) is 12.4. The number of hydrogen-bond acceptors (Lipinski definition) is 1. The van der Waals surface area contributed by atoms with E-state index in [1.165, 1.54) is 30.4 Å². The normalized spacial score (nSPS) is 16.1. The van der Waals surface area contributed by atoms with Crippen molar-refractivity contribution < 1.29 is 4.79 Å². The minimum absolute atomic E-state index is 0.116. The lowest BCUT2D eigenvalue weighted by atomic mass is 9.83. The zero-order valence-electron chi connectivity index (χ0n) is 11.6. The van der Waals surface area contributed by atoms with Gasteiger partial charge in [-0.25, -0.2) is 0 Å². The van der Waals surface area contributed by atoms with Crippen LogP contribution in [0.25, 0.3) is 5.57 Å². The summed E-state index contributed by atoms with van der Waals surface area (Å²) in [5.74, 6) is 0.401. The molecule has 0 bridgehead atoms. The van der Waals surface area contributed by atoms with Crippen LogP contribution in [0.1, 0.15) is 62.4 Å². The number of allylic oxidation sites excluding steroid dienone is 2. The average Bonchev–Trinajstić information content (AvgIpc) is 2.34. The van der Waals surface area contributed by atoms with Crippen LogP contribution in [0.3, 0.4) is 0 Å². The van der Waals surface area contributed by atoms with Crippen molar-refractivity contribution >= 4 is 11.4 Å². The molecule has 1 saturated carbocycles. The Morgan fingerprint density at radius 1 is 1.22 bits per heavy atom. The molecule has 1 heteroatoms. The molecule has 1 aliphatic rings. The molecule has 1 fully saturated rings. The zero-order valence-corrected chi connectivity index (χ0v) is 11.6. The number of ketones is 1. The minimum atomic E-state index is 0.116.